The van der Waals surface area contributed by atoms with Crippen LogP contribution in [0.1, 0.15) is 75.4 Å². The number of carbonyl (C=O) groups is 3. The number of hydrogen-bond donors (Lipinski definition) is 3. The van der Waals surface area contributed by atoms with E-state index < -0.39 is 27.8 Å². The van der Waals surface area contributed by atoms with Crippen molar-refractivity contribution in [3.63, 3.8) is 0 Å². The fraction of sp³-hybridized carbons (Fsp3) is 0.310. The normalized spacial score (nSPS) is 12.0. The maximum Gasteiger partial charge on any atom is 0.354 e. The molecule has 3 aromatic rings. The number of aromatic carboxylic acids is 1. The van der Waals surface area contributed by atoms with Crippen LogP contribution < -0.4 is 10.0 Å². The van der Waals surface area contributed by atoms with E-state index in [1.165, 1.54) is 42.5 Å². The summed E-state index contributed by atoms with van der Waals surface area (Å²) in [5.74, 6) is -2.78. The number of carboxylic acids is 1. The van der Waals surface area contributed by atoms with Crippen LogP contribution in [-0.2, 0) is 22.9 Å². The molecule has 1 unspecified atom stereocenters. The molecule has 11 heteroatoms. The summed E-state index contributed by atoms with van der Waals surface area (Å²) in [4.78, 5) is 40.5. The number of benzene rings is 2. The van der Waals surface area contributed by atoms with Crippen molar-refractivity contribution < 1.29 is 32.3 Å². The molecule has 40 heavy (non-hydrogen) atoms. The SMILES string of the molecule is CCCCC(C)Cc1cc(C(=O)NS(=O)(=O)c2ccc(C(=O)NCCc3ccc(F)cc3)cc2)cnc1C(=O)O. The van der Waals surface area contributed by atoms with Gasteiger partial charge in [0, 0.05) is 18.3 Å². The first kappa shape index (κ1) is 30.4. The fourth-order valence-corrected chi connectivity index (χ4v) is 5.09. The van der Waals surface area contributed by atoms with E-state index in [0.717, 1.165) is 31.0 Å². The van der Waals surface area contributed by atoms with E-state index in [2.05, 4.69) is 17.2 Å². The van der Waals surface area contributed by atoms with Crippen molar-refractivity contribution in [2.75, 3.05) is 6.54 Å². The molecule has 0 bridgehead atoms. The minimum absolute atomic E-state index is 0.0802. The number of carboxylic acid groups (broad SMARTS) is 1. The predicted molar refractivity (Wildman–Crippen MR) is 147 cm³/mol. The molecule has 0 fully saturated rings. The van der Waals surface area contributed by atoms with E-state index in [4.69, 9.17) is 0 Å². The monoisotopic (exact) mass is 569 g/mol. The highest BCUT2D eigenvalue weighted by Gasteiger charge is 2.22. The Bertz CT molecular complexity index is 1460. The second-order valence-corrected chi connectivity index (χ2v) is 11.3. The van der Waals surface area contributed by atoms with Gasteiger partial charge in [0.25, 0.3) is 21.8 Å². The van der Waals surface area contributed by atoms with Crippen LogP contribution in [0.4, 0.5) is 4.39 Å². The smallest absolute Gasteiger partial charge is 0.354 e. The Hall–Kier alpha value is -4.12. The van der Waals surface area contributed by atoms with Crippen LogP contribution in [0.15, 0.2) is 65.7 Å². The average Bonchev–Trinajstić information content (AvgIpc) is 2.92. The first-order chi connectivity index (χ1) is 19.0. The number of halogens is 1. The summed E-state index contributed by atoms with van der Waals surface area (Å²) in [6.07, 6.45) is 4.77. The van der Waals surface area contributed by atoms with Gasteiger partial charge in [-0.05, 0) is 72.4 Å². The standard InChI is InChI=1S/C29H32FN3O6S/c1-3-4-5-19(2)16-22-17-23(18-32-26(22)29(36)37)28(35)33-40(38,39)25-12-8-21(9-13-25)27(34)31-15-14-20-6-10-24(30)11-7-20/h6-13,17-19H,3-5,14-16H2,1-2H3,(H,31,34)(H,33,35)(H,36,37). The number of aromatic nitrogens is 1. The molecule has 0 spiro atoms. The van der Waals surface area contributed by atoms with E-state index in [1.54, 1.807) is 12.1 Å². The van der Waals surface area contributed by atoms with Crippen molar-refractivity contribution in [2.45, 2.75) is 50.8 Å². The highest BCUT2D eigenvalue weighted by molar-refractivity contribution is 7.90. The molecule has 1 atom stereocenters. The van der Waals surface area contributed by atoms with Crippen molar-refractivity contribution in [2.24, 2.45) is 5.92 Å². The number of nitrogens with zero attached hydrogens (tertiary/aromatic N) is 1. The first-order valence-electron chi connectivity index (χ1n) is 12.9. The lowest BCUT2D eigenvalue weighted by Crippen LogP contribution is -2.31. The molecule has 0 aliphatic carbocycles. The molecule has 3 rings (SSSR count). The molecule has 9 nitrogen and oxygen atoms in total. The summed E-state index contributed by atoms with van der Waals surface area (Å²) in [6.45, 7) is 4.34. The molecule has 0 radical (unpaired) electrons. The van der Waals surface area contributed by atoms with E-state index in [0.29, 0.717) is 24.9 Å². The van der Waals surface area contributed by atoms with Crippen molar-refractivity contribution in [3.05, 3.63) is 94.6 Å². The van der Waals surface area contributed by atoms with Gasteiger partial charge in [-0.3, -0.25) is 9.59 Å². The number of sulfonamides is 1. The van der Waals surface area contributed by atoms with Gasteiger partial charge < -0.3 is 10.4 Å². The molecule has 2 amide bonds. The van der Waals surface area contributed by atoms with Crippen LogP contribution in [0, 0.1) is 11.7 Å². The van der Waals surface area contributed by atoms with Gasteiger partial charge in [0.2, 0.25) is 0 Å². The molecule has 1 heterocycles. The van der Waals surface area contributed by atoms with Crippen LogP contribution in [-0.4, -0.2) is 42.8 Å². The zero-order valence-corrected chi connectivity index (χ0v) is 23.1. The van der Waals surface area contributed by atoms with Gasteiger partial charge in [-0.15, -0.1) is 0 Å². The lowest BCUT2D eigenvalue weighted by Gasteiger charge is -2.14. The highest BCUT2D eigenvalue weighted by atomic mass is 32.2. The largest absolute Gasteiger partial charge is 0.477 e. The molecule has 3 N–H and O–H groups in total. The Labute approximate surface area is 232 Å². The van der Waals surface area contributed by atoms with Crippen molar-refractivity contribution >= 4 is 27.8 Å². The molecular weight excluding hydrogens is 537 g/mol. The Morgan fingerprint density at radius 2 is 1.68 bits per heavy atom. The Morgan fingerprint density at radius 3 is 2.30 bits per heavy atom. The van der Waals surface area contributed by atoms with Crippen LogP contribution >= 0.6 is 0 Å². The lowest BCUT2D eigenvalue weighted by atomic mass is 9.94. The molecule has 1 aromatic heterocycles. The topological polar surface area (TPSA) is 143 Å². The third kappa shape index (κ3) is 8.44. The van der Waals surface area contributed by atoms with Gasteiger partial charge in [0.1, 0.15) is 5.82 Å². The maximum absolute atomic E-state index is 13.0. The summed E-state index contributed by atoms with van der Waals surface area (Å²) in [5, 5.41) is 12.2. The summed E-state index contributed by atoms with van der Waals surface area (Å²) >= 11 is 0. The zero-order valence-electron chi connectivity index (χ0n) is 22.3. The minimum atomic E-state index is -4.29. The van der Waals surface area contributed by atoms with E-state index in [1.807, 2.05) is 11.6 Å². The number of unbranched alkanes of at least 4 members (excludes halogenated alkanes) is 1. The maximum atomic E-state index is 13.0. The van der Waals surface area contributed by atoms with Gasteiger partial charge in [-0.25, -0.2) is 27.3 Å². The minimum Gasteiger partial charge on any atom is -0.477 e. The number of hydrogen-bond acceptors (Lipinski definition) is 6. The lowest BCUT2D eigenvalue weighted by molar-refractivity contribution is 0.0687. The zero-order chi connectivity index (χ0) is 29.3. The van der Waals surface area contributed by atoms with Crippen molar-refractivity contribution in [3.8, 4) is 0 Å². The van der Waals surface area contributed by atoms with Gasteiger partial charge >= 0.3 is 5.97 Å². The van der Waals surface area contributed by atoms with Gasteiger partial charge in [0.15, 0.2) is 5.69 Å². The molecule has 212 valence electrons. The first-order valence-corrected chi connectivity index (χ1v) is 14.4. The van der Waals surface area contributed by atoms with Crippen molar-refractivity contribution in [1.82, 2.24) is 15.0 Å². The highest BCUT2D eigenvalue weighted by Crippen LogP contribution is 2.19. The van der Waals surface area contributed by atoms with E-state index in [9.17, 15) is 32.3 Å². The van der Waals surface area contributed by atoms with Crippen LogP contribution in [0.5, 0.6) is 0 Å². The van der Waals surface area contributed by atoms with Crippen molar-refractivity contribution in [1.29, 1.82) is 0 Å². The van der Waals surface area contributed by atoms with E-state index in [-0.39, 0.29) is 33.5 Å². The van der Waals surface area contributed by atoms with Gasteiger partial charge in [0.05, 0.1) is 10.5 Å². The molecular formula is C29H32FN3O6S. The third-order valence-corrected chi connectivity index (χ3v) is 7.66. The number of carbonyl (C=O) groups excluding carboxylic acids is 2. The van der Waals surface area contributed by atoms with Gasteiger partial charge in [-0.2, -0.15) is 0 Å². The Morgan fingerprint density at radius 1 is 1.00 bits per heavy atom. The summed E-state index contributed by atoms with van der Waals surface area (Å²) < 4.78 is 40.6. The second kappa shape index (κ2) is 13.8. The number of nitrogens with one attached hydrogen (secondary N) is 2. The number of rotatable bonds is 13. The molecule has 0 aliphatic heterocycles. The summed E-state index contributed by atoms with van der Waals surface area (Å²) in [5.41, 5.74) is 1.18. The molecule has 2 aromatic carbocycles. The summed E-state index contributed by atoms with van der Waals surface area (Å²) in [6, 6.07) is 12.4. The second-order valence-electron chi connectivity index (χ2n) is 9.58. The predicted octanol–water partition coefficient (Wildman–Crippen LogP) is 4.38. The fourth-order valence-electron chi connectivity index (χ4n) is 4.11. The van der Waals surface area contributed by atoms with Crippen LogP contribution in [0.3, 0.4) is 0 Å². The number of amides is 2. The Kier molecular flexibility index (Phi) is 10.5. The van der Waals surface area contributed by atoms with E-state index >= 15 is 0 Å². The quantitative estimate of drug-likeness (QED) is 0.277. The molecule has 0 saturated carbocycles. The molecule has 0 aliphatic rings. The summed E-state index contributed by atoms with van der Waals surface area (Å²) in [7, 11) is -4.29. The Balaban J connectivity index is 1.65. The van der Waals surface area contributed by atoms with Crippen LogP contribution in [0.25, 0.3) is 0 Å². The third-order valence-electron chi connectivity index (χ3n) is 6.32. The van der Waals surface area contributed by atoms with Crippen LogP contribution in [0.2, 0.25) is 0 Å². The van der Waals surface area contributed by atoms with Gasteiger partial charge in [-0.1, -0.05) is 45.2 Å². The average molecular weight is 570 g/mol. The molecule has 0 saturated heterocycles. The number of pyridine rings is 1.